The van der Waals surface area contributed by atoms with E-state index in [0.717, 1.165) is 36.8 Å². The molecule has 0 unspecified atom stereocenters. The number of non-ortho nitro benzene ring substituents is 1. The number of halogens is 1. The molecule has 0 bridgehead atoms. The predicted octanol–water partition coefficient (Wildman–Crippen LogP) is 1.39. The maximum Gasteiger partial charge on any atom is 0.279 e. The Kier molecular flexibility index (Phi) is 5.66. The normalized spacial score (nSPS) is 14.8. The van der Waals surface area contributed by atoms with Gasteiger partial charge in [-0.3, -0.25) is 14.9 Å². The van der Waals surface area contributed by atoms with Crippen molar-refractivity contribution in [1.82, 2.24) is 0 Å². The van der Waals surface area contributed by atoms with Crippen molar-refractivity contribution in [1.29, 1.82) is 0 Å². The molecule has 2 aromatic rings. The maximum absolute atomic E-state index is 13.6. The van der Waals surface area contributed by atoms with Gasteiger partial charge in [0.2, 0.25) is 0 Å². The first-order valence-electron chi connectivity index (χ1n) is 8.81. The standard InChI is InChI=1S/C19H21FN4O3/c1-14-2-3-15(12-18(14)20)21-19(25)13-22-8-10-23(11-9-22)16-4-6-17(7-5-16)24(26)27/h2-7,12H,8-11,13H2,1H3,(H,21,25)/p+1. The van der Waals surface area contributed by atoms with Crippen LogP contribution in [-0.2, 0) is 4.79 Å². The first kappa shape index (κ1) is 18.8. The number of aryl methyl sites for hydroxylation is 1. The van der Waals surface area contributed by atoms with Crippen LogP contribution < -0.4 is 15.1 Å². The van der Waals surface area contributed by atoms with E-state index in [1.807, 2.05) is 0 Å². The average Bonchev–Trinajstić information content (AvgIpc) is 2.65. The molecular formula is C19H22FN4O3+. The second-order valence-corrected chi connectivity index (χ2v) is 6.70. The number of quaternary nitrogens is 1. The van der Waals surface area contributed by atoms with Crippen molar-refractivity contribution in [2.75, 3.05) is 42.9 Å². The van der Waals surface area contributed by atoms with Gasteiger partial charge in [-0.15, -0.1) is 0 Å². The molecule has 2 aromatic carbocycles. The molecule has 1 aliphatic rings. The SMILES string of the molecule is Cc1ccc(NC(=O)C[NH+]2CCN(c3ccc([N+](=O)[O-])cc3)CC2)cc1F. The smallest absolute Gasteiger partial charge is 0.279 e. The number of nitro benzene ring substituents is 1. The van der Waals surface area contributed by atoms with Gasteiger partial charge in [0.25, 0.3) is 11.6 Å². The van der Waals surface area contributed by atoms with Crippen molar-refractivity contribution < 1.29 is 19.0 Å². The second-order valence-electron chi connectivity index (χ2n) is 6.70. The third-order valence-electron chi connectivity index (χ3n) is 4.76. The molecule has 0 atom stereocenters. The summed E-state index contributed by atoms with van der Waals surface area (Å²) in [5.74, 6) is -0.478. The largest absolute Gasteiger partial charge is 0.360 e. The van der Waals surface area contributed by atoms with Crippen LogP contribution in [0, 0.1) is 22.9 Å². The van der Waals surface area contributed by atoms with E-state index in [0.29, 0.717) is 17.8 Å². The molecule has 1 saturated heterocycles. The summed E-state index contributed by atoms with van der Waals surface area (Å²) < 4.78 is 13.6. The number of anilines is 2. The summed E-state index contributed by atoms with van der Waals surface area (Å²) >= 11 is 0. The molecular weight excluding hydrogens is 351 g/mol. The minimum Gasteiger partial charge on any atom is -0.360 e. The number of carbonyl (C=O) groups excluding carboxylic acids is 1. The molecule has 2 N–H and O–H groups in total. The van der Waals surface area contributed by atoms with Crippen LogP contribution in [0.2, 0.25) is 0 Å². The third kappa shape index (κ3) is 4.79. The molecule has 0 aromatic heterocycles. The molecule has 1 heterocycles. The Balaban J connectivity index is 1.49. The number of carbonyl (C=O) groups is 1. The van der Waals surface area contributed by atoms with Crippen molar-refractivity contribution in [3.8, 4) is 0 Å². The van der Waals surface area contributed by atoms with Crippen LogP contribution in [-0.4, -0.2) is 43.6 Å². The van der Waals surface area contributed by atoms with E-state index in [4.69, 9.17) is 0 Å². The Morgan fingerprint density at radius 2 is 1.89 bits per heavy atom. The van der Waals surface area contributed by atoms with Gasteiger partial charge in [-0.25, -0.2) is 4.39 Å². The lowest BCUT2D eigenvalue weighted by Crippen LogP contribution is -3.15. The van der Waals surface area contributed by atoms with Gasteiger partial charge in [0.1, 0.15) is 5.82 Å². The van der Waals surface area contributed by atoms with E-state index in [1.165, 1.54) is 18.2 Å². The number of nitrogens with one attached hydrogen (secondary N) is 2. The van der Waals surface area contributed by atoms with Crippen LogP contribution in [0.1, 0.15) is 5.56 Å². The van der Waals surface area contributed by atoms with Crippen LogP contribution >= 0.6 is 0 Å². The number of amides is 1. The highest BCUT2D eigenvalue weighted by Crippen LogP contribution is 2.19. The lowest BCUT2D eigenvalue weighted by atomic mass is 10.2. The molecule has 27 heavy (non-hydrogen) atoms. The van der Waals surface area contributed by atoms with Crippen LogP contribution in [0.25, 0.3) is 0 Å². The minimum atomic E-state index is -0.412. The number of rotatable bonds is 5. The van der Waals surface area contributed by atoms with Crippen molar-refractivity contribution in [2.45, 2.75) is 6.92 Å². The van der Waals surface area contributed by atoms with Crippen molar-refractivity contribution in [3.63, 3.8) is 0 Å². The van der Waals surface area contributed by atoms with Crippen molar-refractivity contribution >= 4 is 23.0 Å². The highest BCUT2D eigenvalue weighted by atomic mass is 19.1. The fourth-order valence-corrected chi connectivity index (χ4v) is 3.15. The van der Waals surface area contributed by atoms with E-state index in [9.17, 15) is 19.3 Å². The maximum atomic E-state index is 13.6. The van der Waals surface area contributed by atoms with Crippen LogP contribution in [0.15, 0.2) is 42.5 Å². The number of nitrogens with zero attached hydrogens (tertiary/aromatic N) is 2. The van der Waals surface area contributed by atoms with Gasteiger partial charge in [-0.2, -0.15) is 0 Å². The van der Waals surface area contributed by atoms with Crippen LogP contribution in [0.4, 0.5) is 21.5 Å². The Labute approximate surface area is 156 Å². The highest BCUT2D eigenvalue weighted by Gasteiger charge is 2.23. The number of piperazine rings is 1. The lowest BCUT2D eigenvalue weighted by molar-refractivity contribution is -0.892. The number of benzene rings is 2. The van der Waals surface area contributed by atoms with Gasteiger partial charge in [-0.1, -0.05) is 6.07 Å². The topological polar surface area (TPSA) is 79.9 Å². The number of hydrogen-bond donors (Lipinski definition) is 2. The van der Waals surface area contributed by atoms with E-state index in [2.05, 4.69) is 10.2 Å². The Morgan fingerprint density at radius 1 is 1.22 bits per heavy atom. The first-order valence-corrected chi connectivity index (χ1v) is 8.81. The van der Waals surface area contributed by atoms with Gasteiger partial charge >= 0.3 is 0 Å². The zero-order valence-corrected chi connectivity index (χ0v) is 15.1. The quantitative estimate of drug-likeness (QED) is 0.613. The summed E-state index contributed by atoms with van der Waals surface area (Å²) in [4.78, 5) is 25.8. The average molecular weight is 373 g/mol. The third-order valence-corrected chi connectivity index (χ3v) is 4.76. The van der Waals surface area contributed by atoms with Crippen LogP contribution in [0.3, 0.4) is 0 Å². The molecule has 7 nitrogen and oxygen atoms in total. The predicted molar refractivity (Wildman–Crippen MR) is 101 cm³/mol. The Bertz CT molecular complexity index is 833. The van der Waals surface area contributed by atoms with Gasteiger partial charge in [-0.05, 0) is 36.8 Å². The van der Waals surface area contributed by atoms with E-state index < -0.39 is 4.92 Å². The summed E-state index contributed by atoms with van der Waals surface area (Å²) in [5, 5.41) is 13.5. The Hall–Kier alpha value is -3.00. The fourth-order valence-electron chi connectivity index (χ4n) is 3.15. The van der Waals surface area contributed by atoms with E-state index in [-0.39, 0.29) is 17.4 Å². The summed E-state index contributed by atoms with van der Waals surface area (Å²) in [5.41, 5.74) is 2.03. The van der Waals surface area contributed by atoms with Gasteiger partial charge in [0.05, 0.1) is 31.1 Å². The van der Waals surface area contributed by atoms with E-state index >= 15 is 0 Å². The molecule has 142 valence electrons. The molecule has 8 heteroatoms. The fraction of sp³-hybridized carbons (Fsp3) is 0.316. The minimum absolute atomic E-state index is 0.0761. The number of hydrogen-bond acceptors (Lipinski definition) is 4. The first-order chi connectivity index (χ1) is 12.9. The molecule has 1 aliphatic heterocycles. The van der Waals surface area contributed by atoms with Crippen molar-refractivity contribution in [3.05, 3.63) is 64.0 Å². The zero-order valence-electron chi connectivity index (χ0n) is 15.1. The Morgan fingerprint density at radius 3 is 2.48 bits per heavy atom. The van der Waals surface area contributed by atoms with Gasteiger partial charge in [0, 0.05) is 23.5 Å². The van der Waals surface area contributed by atoms with Gasteiger partial charge in [0.15, 0.2) is 6.54 Å². The summed E-state index contributed by atoms with van der Waals surface area (Å²) in [6, 6.07) is 11.2. The summed E-state index contributed by atoms with van der Waals surface area (Å²) in [7, 11) is 0. The number of nitro groups is 1. The summed E-state index contributed by atoms with van der Waals surface area (Å²) in [6.45, 7) is 5.09. The second kappa shape index (κ2) is 8.13. The molecule has 3 rings (SSSR count). The van der Waals surface area contributed by atoms with Crippen molar-refractivity contribution in [2.24, 2.45) is 0 Å². The molecule has 0 saturated carbocycles. The lowest BCUT2D eigenvalue weighted by Gasteiger charge is -2.33. The summed E-state index contributed by atoms with van der Waals surface area (Å²) in [6.07, 6.45) is 0. The molecule has 0 radical (unpaired) electrons. The molecule has 0 aliphatic carbocycles. The zero-order chi connectivity index (χ0) is 19.4. The molecule has 1 fully saturated rings. The molecule has 0 spiro atoms. The monoisotopic (exact) mass is 373 g/mol. The van der Waals surface area contributed by atoms with Gasteiger partial charge < -0.3 is 15.1 Å². The highest BCUT2D eigenvalue weighted by molar-refractivity contribution is 5.91. The van der Waals surface area contributed by atoms with E-state index in [1.54, 1.807) is 31.2 Å². The van der Waals surface area contributed by atoms with Crippen LogP contribution in [0.5, 0.6) is 0 Å². The molecule has 1 amide bonds.